The van der Waals surface area contributed by atoms with Crippen molar-refractivity contribution in [1.29, 1.82) is 0 Å². The van der Waals surface area contributed by atoms with Gasteiger partial charge in [0.2, 0.25) is 0 Å². The van der Waals surface area contributed by atoms with Crippen LogP contribution in [0.3, 0.4) is 0 Å². The highest BCUT2D eigenvalue weighted by atomic mass is 31.1. The summed E-state index contributed by atoms with van der Waals surface area (Å²) in [5.74, 6) is 0.0993. The largest absolute Gasteiger partial charge is 0.496 e. The number of aromatic amines is 1. The molecule has 3 N–H and O–H groups in total. The van der Waals surface area contributed by atoms with Crippen LogP contribution in [0, 0.1) is 0 Å². The van der Waals surface area contributed by atoms with E-state index in [1.165, 1.54) is 29.4 Å². The summed E-state index contributed by atoms with van der Waals surface area (Å²) in [5, 5.41) is 13.4. The minimum Gasteiger partial charge on any atom is -0.496 e. The van der Waals surface area contributed by atoms with Gasteiger partial charge in [-0.3, -0.25) is 4.79 Å². The van der Waals surface area contributed by atoms with E-state index in [9.17, 15) is 0 Å². The predicted molar refractivity (Wildman–Crippen MR) is 168 cm³/mol. The molecule has 0 aliphatic carbocycles. The number of aromatic nitrogens is 2. The number of nitrogens with one attached hydrogen (secondary N) is 2. The number of hydrogen-bond acceptors (Lipinski definition) is 6. The van der Waals surface area contributed by atoms with Gasteiger partial charge in [0.15, 0.2) is 0 Å². The van der Waals surface area contributed by atoms with E-state index in [0.29, 0.717) is 6.04 Å². The standard InChI is InChI=1S/C29H36N5OP.C2H4O2/c1-33(2)21-14-17-34(18-15-21)22-11-9-20(10-12-22)26-19-23-24(13-16-30-29(23)32-26)31-25-7-6-8-27(35-3)28(25)36(4)5;1-2(3)4/h6-13,16,19,21H,14-15,17-18H2,1-5H3,(H2,30,31,32);1H3,(H,3,4). The summed E-state index contributed by atoms with van der Waals surface area (Å²) in [6.07, 6.45) is 4.28. The second-order valence-electron chi connectivity index (χ2n) is 10.4. The van der Waals surface area contributed by atoms with Gasteiger partial charge in [0, 0.05) is 60.0 Å². The van der Waals surface area contributed by atoms with E-state index in [-0.39, 0.29) is 7.92 Å². The number of nitrogens with zero attached hydrogens (tertiary/aromatic N) is 3. The van der Waals surface area contributed by atoms with Crippen LogP contribution in [0.5, 0.6) is 5.75 Å². The lowest BCUT2D eigenvalue weighted by molar-refractivity contribution is -0.134. The number of benzene rings is 2. The summed E-state index contributed by atoms with van der Waals surface area (Å²) in [6, 6.07) is 20.0. The average molecular weight is 562 g/mol. The lowest BCUT2D eigenvalue weighted by atomic mass is 10.0. The Morgan fingerprint density at radius 1 is 1.10 bits per heavy atom. The number of fused-ring (bicyclic) bond motifs is 1. The summed E-state index contributed by atoms with van der Waals surface area (Å²) in [6.45, 7) is 7.81. The fraction of sp³-hybridized carbons (Fsp3) is 0.355. The summed E-state index contributed by atoms with van der Waals surface area (Å²) in [5.41, 5.74) is 6.54. The van der Waals surface area contributed by atoms with Gasteiger partial charge in [-0.1, -0.05) is 26.1 Å². The third-order valence-electron chi connectivity index (χ3n) is 7.21. The second kappa shape index (κ2) is 13.2. The van der Waals surface area contributed by atoms with Crippen LogP contribution in [-0.4, -0.2) is 79.6 Å². The number of anilines is 3. The van der Waals surface area contributed by atoms with E-state index >= 15 is 0 Å². The maximum absolute atomic E-state index is 9.00. The molecular formula is C31H40N5O3P. The third-order valence-corrected chi connectivity index (χ3v) is 8.56. The quantitative estimate of drug-likeness (QED) is 0.239. The van der Waals surface area contributed by atoms with Gasteiger partial charge in [0.05, 0.1) is 12.8 Å². The van der Waals surface area contributed by atoms with E-state index in [1.54, 1.807) is 7.11 Å². The van der Waals surface area contributed by atoms with Gasteiger partial charge in [-0.25, -0.2) is 4.98 Å². The summed E-state index contributed by atoms with van der Waals surface area (Å²) < 4.78 is 5.66. The van der Waals surface area contributed by atoms with Crippen molar-refractivity contribution in [3.63, 3.8) is 0 Å². The van der Waals surface area contributed by atoms with Crippen molar-refractivity contribution in [2.24, 2.45) is 0 Å². The number of pyridine rings is 1. The number of carboxylic acid groups (broad SMARTS) is 1. The zero-order valence-corrected chi connectivity index (χ0v) is 25.1. The first-order chi connectivity index (χ1) is 19.2. The normalized spacial score (nSPS) is 13.8. The Labute approximate surface area is 238 Å². The molecule has 2 aromatic carbocycles. The van der Waals surface area contributed by atoms with Crippen LogP contribution in [0.1, 0.15) is 19.8 Å². The maximum Gasteiger partial charge on any atom is 0.300 e. The molecule has 0 unspecified atom stereocenters. The molecular weight excluding hydrogens is 521 g/mol. The molecule has 0 atom stereocenters. The van der Waals surface area contributed by atoms with Crippen molar-refractivity contribution in [3.05, 3.63) is 60.8 Å². The number of ether oxygens (including phenoxy) is 1. The summed E-state index contributed by atoms with van der Waals surface area (Å²) >= 11 is 0. The molecule has 2 aromatic heterocycles. The van der Waals surface area contributed by atoms with E-state index in [2.05, 4.69) is 88.9 Å². The molecule has 1 saturated heterocycles. The number of piperidine rings is 1. The van der Waals surface area contributed by atoms with Crippen molar-refractivity contribution in [2.75, 3.05) is 57.8 Å². The molecule has 8 nitrogen and oxygen atoms in total. The minimum absolute atomic E-state index is 0.345. The molecule has 0 radical (unpaired) electrons. The molecule has 4 aromatic rings. The van der Waals surface area contributed by atoms with Crippen LogP contribution in [-0.2, 0) is 4.79 Å². The molecule has 0 saturated carbocycles. The van der Waals surface area contributed by atoms with Crippen molar-refractivity contribution >= 4 is 47.3 Å². The van der Waals surface area contributed by atoms with Gasteiger partial charge in [-0.2, -0.15) is 0 Å². The molecule has 40 heavy (non-hydrogen) atoms. The topological polar surface area (TPSA) is 93.7 Å². The Bertz CT molecular complexity index is 1420. The lowest BCUT2D eigenvalue weighted by Gasteiger charge is -2.36. The van der Waals surface area contributed by atoms with Crippen LogP contribution in [0.25, 0.3) is 22.3 Å². The van der Waals surface area contributed by atoms with Crippen LogP contribution >= 0.6 is 7.92 Å². The van der Waals surface area contributed by atoms with Gasteiger partial charge in [-0.05, 0) is 82.2 Å². The number of aliphatic carboxylic acids is 1. The Balaban J connectivity index is 0.000000867. The number of hydrogen-bond donors (Lipinski definition) is 3. The Morgan fingerprint density at radius 3 is 2.38 bits per heavy atom. The fourth-order valence-electron chi connectivity index (χ4n) is 5.18. The zero-order valence-electron chi connectivity index (χ0n) is 24.2. The molecule has 0 spiro atoms. The van der Waals surface area contributed by atoms with Crippen LogP contribution in [0.4, 0.5) is 17.1 Å². The second-order valence-corrected chi connectivity index (χ2v) is 12.7. The van der Waals surface area contributed by atoms with Gasteiger partial charge in [0.25, 0.3) is 5.97 Å². The molecule has 1 aliphatic heterocycles. The number of rotatable bonds is 7. The molecule has 5 rings (SSSR count). The third kappa shape index (κ3) is 6.93. The van der Waals surface area contributed by atoms with Crippen LogP contribution in [0.15, 0.2) is 60.8 Å². The van der Waals surface area contributed by atoms with Crippen molar-refractivity contribution in [1.82, 2.24) is 14.9 Å². The molecule has 1 aliphatic rings. The first kappa shape index (κ1) is 29.4. The van der Waals surface area contributed by atoms with Crippen LogP contribution < -0.4 is 20.3 Å². The highest BCUT2D eigenvalue weighted by Gasteiger charge is 2.21. The van der Waals surface area contributed by atoms with Crippen LogP contribution in [0.2, 0.25) is 0 Å². The summed E-state index contributed by atoms with van der Waals surface area (Å²) in [7, 11) is 5.77. The van der Waals surface area contributed by atoms with Crippen molar-refractivity contribution in [3.8, 4) is 17.0 Å². The van der Waals surface area contributed by atoms with Gasteiger partial charge < -0.3 is 29.9 Å². The smallest absolute Gasteiger partial charge is 0.300 e. The highest BCUT2D eigenvalue weighted by molar-refractivity contribution is 7.64. The number of methoxy groups -OCH3 is 1. The Kier molecular flexibility index (Phi) is 9.67. The molecule has 3 heterocycles. The van der Waals surface area contributed by atoms with E-state index in [1.807, 2.05) is 24.4 Å². The highest BCUT2D eigenvalue weighted by Crippen LogP contribution is 2.37. The maximum atomic E-state index is 9.00. The molecule has 9 heteroatoms. The van der Waals surface area contributed by atoms with Crippen molar-refractivity contribution in [2.45, 2.75) is 25.8 Å². The summed E-state index contributed by atoms with van der Waals surface area (Å²) in [4.78, 5) is 22.0. The SMILES string of the molecule is CC(=O)O.COc1cccc(Nc2ccnc3[nH]c(-c4ccc(N5CCC(N(C)C)CC5)cc4)cc23)c1P(C)C. The molecule has 0 bridgehead atoms. The predicted octanol–water partition coefficient (Wildman–Crippen LogP) is 5.97. The first-order valence-electron chi connectivity index (χ1n) is 13.5. The molecule has 0 amide bonds. The average Bonchev–Trinajstić information content (AvgIpc) is 3.38. The van der Waals surface area contributed by atoms with E-state index < -0.39 is 5.97 Å². The monoisotopic (exact) mass is 561 g/mol. The number of carboxylic acids is 1. The van der Waals surface area contributed by atoms with Gasteiger partial charge >= 0.3 is 0 Å². The van der Waals surface area contributed by atoms with E-state index in [0.717, 1.165) is 53.9 Å². The minimum atomic E-state index is -0.833. The van der Waals surface area contributed by atoms with Crippen molar-refractivity contribution < 1.29 is 14.6 Å². The molecule has 212 valence electrons. The number of carbonyl (C=O) groups is 1. The first-order valence-corrected chi connectivity index (χ1v) is 15.7. The fourth-order valence-corrected chi connectivity index (χ4v) is 6.40. The van der Waals surface area contributed by atoms with E-state index in [4.69, 9.17) is 14.6 Å². The van der Waals surface area contributed by atoms with Gasteiger partial charge in [-0.15, -0.1) is 0 Å². The zero-order chi connectivity index (χ0) is 28.8. The van der Waals surface area contributed by atoms with Gasteiger partial charge in [0.1, 0.15) is 11.4 Å². The Morgan fingerprint density at radius 2 is 1.77 bits per heavy atom. The number of H-pyrrole nitrogens is 1. The molecule has 1 fully saturated rings. The Hall–Kier alpha value is -3.61. The lowest BCUT2D eigenvalue weighted by Crippen LogP contribution is -2.41.